The molecule has 0 aromatic heterocycles. The maximum Gasteiger partial charge on any atom is 0.324 e. The average Bonchev–Trinajstić information content (AvgIpc) is 2.03. The molecule has 0 N–H and O–H groups in total. The third-order valence-electron chi connectivity index (χ3n) is 1.28. The van der Waals surface area contributed by atoms with Gasteiger partial charge in [-0.25, -0.2) is 0 Å². The molecule has 0 saturated carbocycles. The Balaban J connectivity index is 2.77. The van der Waals surface area contributed by atoms with E-state index in [2.05, 4.69) is 15.9 Å². The van der Waals surface area contributed by atoms with Crippen LogP contribution in [0, 0.1) is 0 Å². The normalized spacial score (nSPS) is 10.5. The van der Waals surface area contributed by atoms with Crippen molar-refractivity contribution in [1.82, 2.24) is 0 Å². The van der Waals surface area contributed by atoms with Crippen LogP contribution in [0.5, 0.6) is 0 Å². The van der Waals surface area contributed by atoms with Crippen LogP contribution >= 0.6 is 15.9 Å². The number of rotatable bonds is 2. The van der Waals surface area contributed by atoms with Gasteiger partial charge in [-0.15, -0.1) is 0 Å². The van der Waals surface area contributed by atoms with Crippen molar-refractivity contribution in [3.63, 3.8) is 0 Å². The Labute approximate surface area is 78.0 Å². The van der Waals surface area contributed by atoms with Gasteiger partial charge in [0.2, 0.25) is 0 Å². The molecule has 0 unspecified atom stereocenters. The van der Waals surface area contributed by atoms with Crippen molar-refractivity contribution < 1.29 is 9.18 Å². The number of benzene rings is 1. The Hall–Kier alpha value is -0.960. The monoisotopic (exact) mass is 228 g/mol. The molecule has 12 heavy (non-hydrogen) atoms. The van der Waals surface area contributed by atoms with Gasteiger partial charge in [0.1, 0.15) is 0 Å². The molecular formula is C9H6BrFO. The van der Waals surface area contributed by atoms with E-state index in [1.807, 2.05) is 12.1 Å². The van der Waals surface area contributed by atoms with Crippen molar-refractivity contribution in [1.29, 1.82) is 0 Å². The van der Waals surface area contributed by atoms with Crippen molar-refractivity contribution in [2.24, 2.45) is 0 Å². The van der Waals surface area contributed by atoms with Crippen LogP contribution in [0.1, 0.15) is 5.56 Å². The Morgan fingerprint density at radius 2 is 1.92 bits per heavy atom. The smallest absolute Gasteiger partial charge is 0.256 e. The fourth-order valence-electron chi connectivity index (χ4n) is 0.736. The maximum atomic E-state index is 11.7. The zero-order valence-electron chi connectivity index (χ0n) is 6.13. The Morgan fingerprint density at radius 3 is 2.42 bits per heavy atom. The quantitative estimate of drug-likeness (QED) is 0.562. The van der Waals surface area contributed by atoms with Gasteiger partial charge in [0, 0.05) is 10.5 Å². The molecule has 62 valence electrons. The van der Waals surface area contributed by atoms with Crippen molar-refractivity contribution in [2.45, 2.75) is 0 Å². The first-order valence-electron chi connectivity index (χ1n) is 3.31. The summed E-state index contributed by atoms with van der Waals surface area (Å²) in [6, 6.07) is 5.77. The first-order valence-corrected chi connectivity index (χ1v) is 4.11. The van der Waals surface area contributed by atoms with E-state index in [1.54, 1.807) is 12.1 Å². The molecule has 0 amide bonds. The Kier molecular flexibility index (Phi) is 3.17. The molecule has 0 heterocycles. The second-order valence-electron chi connectivity index (χ2n) is 2.19. The van der Waals surface area contributed by atoms with Gasteiger partial charge in [-0.05, 0) is 23.8 Å². The lowest BCUT2D eigenvalue weighted by atomic mass is 10.2. The predicted octanol–water partition coefficient (Wildman–Crippen LogP) is 2.96. The highest BCUT2D eigenvalue weighted by Crippen LogP contribution is 2.11. The minimum Gasteiger partial charge on any atom is -0.256 e. The highest BCUT2D eigenvalue weighted by atomic mass is 79.9. The number of allylic oxidation sites excluding steroid dienone is 1. The molecule has 3 heteroatoms. The Bertz CT molecular complexity index is 303. The number of carbonyl (C=O) groups is 1. The van der Waals surface area contributed by atoms with Crippen LogP contribution in [0.15, 0.2) is 34.8 Å². The minimum atomic E-state index is -1.43. The van der Waals surface area contributed by atoms with Crippen molar-refractivity contribution >= 4 is 28.0 Å². The highest BCUT2D eigenvalue weighted by Gasteiger charge is 1.89. The molecule has 0 saturated heterocycles. The van der Waals surface area contributed by atoms with Gasteiger partial charge in [-0.1, -0.05) is 28.1 Å². The summed E-state index contributed by atoms with van der Waals surface area (Å²) in [5.41, 5.74) is 0.796. The molecule has 0 aliphatic rings. The Morgan fingerprint density at radius 1 is 1.33 bits per heavy atom. The van der Waals surface area contributed by atoms with Crippen molar-refractivity contribution in [3.05, 3.63) is 40.4 Å². The molecule has 1 aromatic rings. The van der Waals surface area contributed by atoms with E-state index in [0.29, 0.717) is 0 Å². The van der Waals surface area contributed by atoms with Gasteiger partial charge in [-0.3, -0.25) is 4.79 Å². The number of carbonyl (C=O) groups excluding carboxylic acids is 1. The number of hydrogen-bond donors (Lipinski definition) is 0. The maximum absolute atomic E-state index is 11.7. The summed E-state index contributed by atoms with van der Waals surface area (Å²) >= 11 is 3.26. The van der Waals surface area contributed by atoms with Crippen LogP contribution in [0.25, 0.3) is 6.08 Å². The molecule has 0 radical (unpaired) electrons. The average molecular weight is 229 g/mol. The highest BCUT2D eigenvalue weighted by molar-refractivity contribution is 9.10. The van der Waals surface area contributed by atoms with E-state index in [9.17, 15) is 9.18 Å². The lowest BCUT2D eigenvalue weighted by molar-refractivity contribution is -0.124. The van der Waals surface area contributed by atoms with Crippen LogP contribution in [0.4, 0.5) is 4.39 Å². The molecule has 1 aromatic carbocycles. The lowest BCUT2D eigenvalue weighted by Crippen LogP contribution is -1.77. The van der Waals surface area contributed by atoms with Crippen molar-refractivity contribution in [3.8, 4) is 0 Å². The molecule has 0 aliphatic carbocycles. The second kappa shape index (κ2) is 4.16. The number of halogens is 2. The van der Waals surface area contributed by atoms with Gasteiger partial charge >= 0.3 is 6.04 Å². The third kappa shape index (κ3) is 2.96. The van der Waals surface area contributed by atoms with Crippen LogP contribution in [0.3, 0.4) is 0 Å². The number of hydrogen-bond acceptors (Lipinski definition) is 1. The topological polar surface area (TPSA) is 17.1 Å². The first-order chi connectivity index (χ1) is 5.68. The SMILES string of the molecule is O=C(F)/C=C/c1ccc(Br)cc1. The van der Waals surface area contributed by atoms with Gasteiger partial charge in [0.05, 0.1) is 0 Å². The summed E-state index contributed by atoms with van der Waals surface area (Å²) in [5, 5.41) is 0. The van der Waals surface area contributed by atoms with Crippen molar-refractivity contribution in [2.75, 3.05) is 0 Å². The summed E-state index contributed by atoms with van der Waals surface area (Å²) < 4.78 is 12.7. The largest absolute Gasteiger partial charge is 0.324 e. The van der Waals surface area contributed by atoms with E-state index in [4.69, 9.17) is 0 Å². The van der Waals surface area contributed by atoms with Crippen LogP contribution in [0.2, 0.25) is 0 Å². The van der Waals surface area contributed by atoms with Crippen LogP contribution in [-0.4, -0.2) is 6.04 Å². The summed E-state index contributed by atoms with van der Waals surface area (Å²) in [7, 11) is 0. The van der Waals surface area contributed by atoms with Gasteiger partial charge in [0.25, 0.3) is 0 Å². The third-order valence-corrected chi connectivity index (χ3v) is 1.81. The van der Waals surface area contributed by atoms with Gasteiger partial charge in [0.15, 0.2) is 0 Å². The van der Waals surface area contributed by atoms with E-state index in [1.165, 1.54) is 6.08 Å². The zero-order valence-corrected chi connectivity index (χ0v) is 7.71. The fraction of sp³-hybridized carbons (Fsp3) is 0. The first kappa shape index (κ1) is 9.13. The second-order valence-corrected chi connectivity index (χ2v) is 3.10. The molecule has 0 spiro atoms. The summed E-state index contributed by atoms with van der Waals surface area (Å²) in [5.74, 6) is 0. The summed E-state index contributed by atoms with van der Waals surface area (Å²) in [6.07, 6.45) is 2.32. The van der Waals surface area contributed by atoms with Crippen LogP contribution < -0.4 is 0 Å². The van der Waals surface area contributed by atoms with Crippen LogP contribution in [-0.2, 0) is 4.79 Å². The van der Waals surface area contributed by atoms with Gasteiger partial charge < -0.3 is 0 Å². The molecule has 0 fully saturated rings. The molecule has 0 bridgehead atoms. The summed E-state index contributed by atoms with van der Waals surface area (Å²) in [4.78, 5) is 9.92. The summed E-state index contributed by atoms with van der Waals surface area (Å²) in [6.45, 7) is 0. The molecule has 0 aliphatic heterocycles. The molecule has 1 rings (SSSR count). The standard InChI is InChI=1S/C9H6BrFO/c10-8-4-1-7(2-5-8)3-6-9(11)12/h1-6H/b6-3+. The van der Waals surface area contributed by atoms with E-state index in [-0.39, 0.29) is 0 Å². The van der Waals surface area contributed by atoms with Gasteiger partial charge in [-0.2, -0.15) is 4.39 Å². The minimum absolute atomic E-state index is 0.796. The fourth-order valence-corrected chi connectivity index (χ4v) is 1.000. The lowest BCUT2D eigenvalue weighted by Gasteiger charge is -1.91. The van der Waals surface area contributed by atoms with E-state index >= 15 is 0 Å². The van der Waals surface area contributed by atoms with E-state index in [0.717, 1.165) is 16.1 Å². The molecule has 0 atom stereocenters. The molecular weight excluding hydrogens is 223 g/mol. The predicted molar refractivity (Wildman–Crippen MR) is 49.3 cm³/mol. The van der Waals surface area contributed by atoms with E-state index < -0.39 is 6.04 Å². The molecule has 1 nitrogen and oxygen atoms in total. The zero-order chi connectivity index (χ0) is 8.97.